The van der Waals surface area contributed by atoms with Gasteiger partial charge in [0.05, 0.1) is 5.25 Å². The molecule has 10 heteroatoms. The smallest absolute Gasteiger partial charge is 0.237 e. The highest BCUT2D eigenvalue weighted by molar-refractivity contribution is 8.00. The van der Waals surface area contributed by atoms with Gasteiger partial charge in [0.15, 0.2) is 17.3 Å². The van der Waals surface area contributed by atoms with Gasteiger partial charge >= 0.3 is 0 Å². The molecule has 0 spiro atoms. The second-order valence-electron chi connectivity index (χ2n) is 6.58. The van der Waals surface area contributed by atoms with Crippen molar-refractivity contribution in [3.8, 4) is 17.2 Å². The zero-order chi connectivity index (χ0) is 21.1. The molecule has 1 amide bonds. The summed E-state index contributed by atoms with van der Waals surface area (Å²) in [6.45, 7) is 4.12. The number of benzene rings is 2. The lowest BCUT2D eigenvalue weighted by Gasteiger charge is -2.10. The lowest BCUT2D eigenvalue weighted by atomic mass is 10.2. The van der Waals surface area contributed by atoms with Crippen molar-refractivity contribution in [1.82, 2.24) is 15.2 Å². The van der Waals surface area contributed by atoms with Crippen LogP contribution in [0.1, 0.15) is 18.3 Å². The van der Waals surface area contributed by atoms with Gasteiger partial charge in [-0.1, -0.05) is 23.4 Å². The van der Waals surface area contributed by atoms with Crippen molar-refractivity contribution in [2.45, 2.75) is 30.9 Å². The quantitative estimate of drug-likeness (QED) is 0.525. The van der Waals surface area contributed by atoms with E-state index in [0.717, 1.165) is 5.56 Å². The number of fused-ring (bicyclic) bond motifs is 1. The summed E-state index contributed by atoms with van der Waals surface area (Å²) >= 11 is 7.27. The number of thioether (sulfide) groups is 1. The molecule has 1 aliphatic heterocycles. The van der Waals surface area contributed by atoms with Crippen LogP contribution in [-0.2, 0) is 11.4 Å². The number of ether oxygens (including phenoxy) is 3. The Kier molecular flexibility index (Phi) is 6.01. The Morgan fingerprint density at radius 3 is 2.97 bits per heavy atom. The fourth-order valence-corrected chi connectivity index (χ4v) is 3.54. The number of carbonyl (C=O) groups excluding carboxylic acids is 1. The number of aromatic amines is 1. The number of hydrogen-bond acceptors (Lipinski definition) is 7. The maximum Gasteiger partial charge on any atom is 0.237 e. The molecule has 156 valence electrons. The van der Waals surface area contributed by atoms with Crippen LogP contribution in [0.4, 0.5) is 5.69 Å². The summed E-state index contributed by atoms with van der Waals surface area (Å²) in [5.74, 6) is 2.37. The molecule has 3 aromatic rings. The summed E-state index contributed by atoms with van der Waals surface area (Å²) < 4.78 is 16.3. The van der Waals surface area contributed by atoms with Crippen LogP contribution in [0.15, 0.2) is 41.6 Å². The SMILES string of the molecule is Cc1cc(OCc2nc(SC(C)C(=O)Nc3ccc4c(c3)OCO4)n[nH]2)ccc1Cl. The maximum atomic E-state index is 12.5. The Hall–Kier alpha value is -2.91. The summed E-state index contributed by atoms with van der Waals surface area (Å²) in [6.07, 6.45) is 0. The number of halogens is 1. The Labute approximate surface area is 182 Å². The van der Waals surface area contributed by atoms with E-state index in [9.17, 15) is 4.79 Å². The van der Waals surface area contributed by atoms with Crippen LogP contribution in [0.5, 0.6) is 17.2 Å². The molecular weight excluding hydrogens is 428 g/mol. The number of amides is 1. The first kappa shape index (κ1) is 20.4. The molecule has 0 saturated carbocycles. The number of hydrogen-bond donors (Lipinski definition) is 2. The van der Waals surface area contributed by atoms with Crippen molar-refractivity contribution in [2.75, 3.05) is 12.1 Å². The van der Waals surface area contributed by atoms with Gasteiger partial charge in [0.2, 0.25) is 17.9 Å². The van der Waals surface area contributed by atoms with E-state index >= 15 is 0 Å². The molecule has 4 rings (SSSR count). The number of aryl methyl sites for hydroxylation is 1. The van der Waals surface area contributed by atoms with E-state index in [1.807, 2.05) is 13.0 Å². The van der Waals surface area contributed by atoms with Gasteiger partial charge in [-0.3, -0.25) is 9.89 Å². The van der Waals surface area contributed by atoms with Crippen molar-refractivity contribution in [2.24, 2.45) is 0 Å². The van der Waals surface area contributed by atoms with Crippen LogP contribution in [0, 0.1) is 6.92 Å². The van der Waals surface area contributed by atoms with Crippen molar-refractivity contribution in [3.05, 3.63) is 52.8 Å². The van der Waals surface area contributed by atoms with E-state index in [1.165, 1.54) is 11.8 Å². The summed E-state index contributed by atoms with van der Waals surface area (Å²) in [4.78, 5) is 16.9. The van der Waals surface area contributed by atoms with Gasteiger partial charge in [0.25, 0.3) is 0 Å². The Morgan fingerprint density at radius 2 is 2.13 bits per heavy atom. The lowest BCUT2D eigenvalue weighted by Crippen LogP contribution is -2.22. The van der Waals surface area contributed by atoms with Crippen LogP contribution in [0.2, 0.25) is 5.02 Å². The van der Waals surface area contributed by atoms with Crippen LogP contribution in [0.3, 0.4) is 0 Å². The first-order valence-electron chi connectivity index (χ1n) is 9.15. The topological polar surface area (TPSA) is 98.4 Å². The molecule has 1 atom stereocenters. The molecule has 8 nitrogen and oxygen atoms in total. The molecule has 1 aromatic heterocycles. The monoisotopic (exact) mass is 446 g/mol. The van der Waals surface area contributed by atoms with Crippen LogP contribution >= 0.6 is 23.4 Å². The number of nitrogens with one attached hydrogen (secondary N) is 2. The number of carbonyl (C=O) groups is 1. The third-order valence-corrected chi connectivity index (χ3v) is 5.69. The Balaban J connectivity index is 1.30. The minimum atomic E-state index is -0.404. The predicted molar refractivity (Wildman–Crippen MR) is 113 cm³/mol. The minimum absolute atomic E-state index is 0.168. The molecule has 2 heterocycles. The number of nitrogens with zero attached hydrogens (tertiary/aromatic N) is 2. The van der Waals surface area contributed by atoms with Crippen molar-refractivity contribution in [1.29, 1.82) is 0 Å². The first-order valence-corrected chi connectivity index (χ1v) is 10.4. The average molecular weight is 447 g/mol. The Bertz CT molecular complexity index is 1070. The number of anilines is 1. The highest BCUT2D eigenvalue weighted by atomic mass is 35.5. The molecule has 0 saturated heterocycles. The van der Waals surface area contributed by atoms with E-state index in [4.69, 9.17) is 25.8 Å². The minimum Gasteiger partial charge on any atom is -0.486 e. The fourth-order valence-electron chi connectivity index (χ4n) is 2.68. The van der Waals surface area contributed by atoms with Crippen molar-refractivity contribution >= 4 is 35.0 Å². The first-order chi connectivity index (χ1) is 14.5. The van der Waals surface area contributed by atoms with Crippen molar-refractivity contribution in [3.63, 3.8) is 0 Å². The highest BCUT2D eigenvalue weighted by Crippen LogP contribution is 2.34. The molecule has 1 aliphatic rings. The standard InChI is InChI=1S/C20H19ClN4O4S/c1-11-7-14(4-5-15(11)21)27-9-18-23-20(25-24-18)30-12(2)19(26)22-13-3-6-16-17(8-13)29-10-28-16/h3-8,12H,9-10H2,1-2H3,(H,22,26)(H,23,24,25). The fraction of sp³-hybridized carbons (Fsp3) is 0.250. The molecular formula is C20H19ClN4O4S. The average Bonchev–Trinajstić information content (AvgIpc) is 3.37. The molecule has 0 radical (unpaired) electrons. The Morgan fingerprint density at radius 1 is 1.30 bits per heavy atom. The molecule has 2 N–H and O–H groups in total. The van der Waals surface area contributed by atoms with Gasteiger partial charge in [-0.15, -0.1) is 5.10 Å². The molecule has 30 heavy (non-hydrogen) atoms. The maximum absolute atomic E-state index is 12.5. The van der Waals surface area contributed by atoms with E-state index in [0.29, 0.717) is 38.9 Å². The number of aromatic nitrogens is 3. The van der Waals surface area contributed by atoms with Crippen LogP contribution in [0.25, 0.3) is 0 Å². The summed E-state index contributed by atoms with van der Waals surface area (Å²) in [7, 11) is 0. The lowest BCUT2D eigenvalue weighted by molar-refractivity contribution is -0.115. The van der Waals surface area contributed by atoms with E-state index in [2.05, 4.69) is 20.5 Å². The zero-order valence-corrected chi connectivity index (χ0v) is 17.8. The summed E-state index contributed by atoms with van der Waals surface area (Å²) in [6, 6.07) is 10.7. The normalized spacial score (nSPS) is 13.2. The van der Waals surface area contributed by atoms with Crippen LogP contribution < -0.4 is 19.5 Å². The number of rotatable bonds is 7. The van der Waals surface area contributed by atoms with Gasteiger partial charge in [-0.25, -0.2) is 4.98 Å². The number of H-pyrrole nitrogens is 1. The predicted octanol–water partition coefficient (Wildman–Crippen LogP) is 4.19. The molecule has 0 fully saturated rings. The van der Waals surface area contributed by atoms with Gasteiger partial charge in [0, 0.05) is 16.8 Å². The zero-order valence-electron chi connectivity index (χ0n) is 16.3. The van der Waals surface area contributed by atoms with E-state index in [1.54, 1.807) is 37.3 Å². The summed E-state index contributed by atoms with van der Waals surface area (Å²) in [5.41, 5.74) is 1.57. The molecule has 2 aromatic carbocycles. The second kappa shape index (κ2) is 8.85. The second-order valence-corrected chi connectivity index (χ2v) is 8.30. The van der Waals surface area contributed by atoms with Gasteiger partial charge < -0.3 is 19.5 Å². The molecule has 1 unspecified atom stereocenters. The summed E-state index contributed by atoms with van der Waals surface area (Å²) in [5, 5.41) is 10.6. The van der Waals surface area contributed by atoms with E-state index < -0.39 is 5.25 Å². The largest absolute Gasteiger partial charge is 0.486 e. The molecule has 0 aliphatic carbocycles. The van der Waals surface area contributed by atoms with E-state index in [-0.39, 0.29) is 19.3 Å². The van der Waals surface area contributed by atoms with Gasteiger partial charge in [-0.2, -0.15) is 0 Å². The van der Waals surface area contributed by atoms with Gasteiger partial charge in [0.1, 0.15) is 12.4 Å². The highest BCUT2D eigenvalue weighted by Gasteiger charge is 2.19. The molecule has 0 bridgehead atoms. The third-order valence-electron chi connectivity index (χ3n) is 4.31. The third kappa shape index (κ3) is 4.80. The van der Waals surface area contributed by atoms with Crippen molar-refractivity contribution < 1.29 is 19.0 Å². The van der Waals surface area contributed by atoms with Gasteiger partial charge in [-0.05, 0) is 49.7 Å². The van der Waals surface area contributed by atoms with Crippen LogP contribution in [-0.4, -0.2) is 33.1 Å².